The first-order chi connectivity index (χ1) is 11.9. The number of thiazole rings is 1. The summed E-state index contributed by atoms with van der Waals surface area (Å²) in [6.45, 7) is 2.27. The average molecular weight is 394 g/mol. The highest BCUT2D eigenvalue weighted by Gasteiger charge is 2.19. The largest absolute Gasteiger partial charge is 0.324 e. The molecule has 0 saturated heterocycles. The highest BCUT2D eigenvalue weighted by Crippen LogP contribution is 2.29. The lowest BCUT2D eigenvalue weighted by molar-refractivity contribution is -0.117. The van der Waals surface area contributed by atoms with Crippen LogP contribution < -0.4 is 5.32 Å². The van der Waals surface area contributed by atoms with Crippen molar-refractivity contribution in [3.63, 3.8) is 0 Å². The van der Waals surface area contributed by atoms with Crippen LogP contribution in [-0.2, 0) is 4.79 Å². The van der Waals surface area contributed by atoms with E-state index in [0.29, 0.717) is 15.7 Å². The van der Waals surface area contributed by atoms with E-state index in [1.165, 1.54) is 0 Å². The van der Waals surface area contributed by atoms with Crippen LogP contribution in [0.1, 0.15) is 18.0 Å². The van der Waals surface area contributed by atoms with Crippen molar-refractivity contribution in [2.75, 3.05) is 18.9 Å². The molecule has 3 aromatic rings. The minimum absolute atomic E-state index is 0.0313. The van der Waals surface area contributed by atoms with Crippen molar-refractivity contribution >= 4 is 56.3 Å². The van der Waals surface area contributed by atoms with E-state index < -0.39 is 0 Å². The number of aromatic nitrogens is 1. The van der Waals surface area contributed by atoms with Crippen molar-refractivity contribution in [3.05, 3.63) is 57.5 Å². The van der Waals surface area contributed by atoms with E-state index in [-0.39, 0.29) is 18.5 Å². The van der Waals surface area contributed by atoms with Crippen molar-refractivity contribution in [1.82, 2.24) is 9.88 Å². The van der Waals surface area contributed by atoms with Gasteiger partial charge in [-0.25, -0.2) is 4.98 Å². The van der Waals surface area contributed by atoms with Crippen LogP contribution in [-0.4, -0.2) is 29.4 Å². The minimum Gasteiger partial charge on any atom is -0.324 e. The Morgan fingerprint density at radius 1 is 1.28 bits per heavy atom. The number of para-hydroxylation sites is 1. The maximum absolute atomic E-state index is 12.3. The van der Waals surface area contributed by atoms with Crippen molar-refractivity contribution in [3.8, 4) is 0 Å². The molecule has 0 aliphatic carbocycles. The third-order valence-electron chi connectivity index (χ3n) is 3.93. The summed E-state index contributed by atoms with van der Waals surface area (Å²) < 4.78 is 1.15. The van der Waals surface area contributed by atoms with Gasteiger partial charge >= 0.3 is 0 Å². The number of nitrogens with one attached hydrogen (secondary N) is 1. The molecule has 1 heterocycles. The van der Waals surface area contributed by atoms with Gasteiger partial charge in [0, 0.05) is 5.02 Å². The lowest BCUT2D eigenvalue weighted by Gasteiger charge is -2.22. The predicted molar refractivity (Wildman–Crippen MR) is 106 cm³/mol. The summed E-state index contributed by atoms with van der Waals surface area (Å²) in [7, 11) is 1.90. The van der Waals surface area contributed by atoms with E-state index >= 15 is 0 Å². The van der Waals surface area contributed by atoms with Gasteiger partial charge in [0.05, 0.1) is 33.5 Å². The fraction of sp³-hybridized carbons (Fsp3) is 0.222. The van der Waals surface area contributed by atoms with Gasteiger partial charge in [0.1, 0.15) is 5.01 Å². The van der Waals surface area contributed by atoms with Crippen molar-refractivity contribution < 1.29 is 4.79 Å². The number of likely N-dealkylation sites (N-methyl/N-ethyl adjacent to an activating group) is 1. The lowest BCUT2D eigenvalue weighted by atomic mass is 10.3. The molecule has 0 aliphatic heterocycles. The fourth-order valence-electron chi connectivity index (χ4n) is 2.40. The highest BCUT2D eigenvalue weighted by atomic mass is 35.5. The molecule has 25 heavy (non-hydrogen) atoms. The van der Waals surface area contributed by atoms with Crippen molar-refractivity contribution in [2.45, 2.75) is 13.0 Å². The molecule has 3 rings (SSSR count). The Hall–Kier alpha value is -1.66. The monoisotopic (exact) mass is 393 g/mol. The molecular formula is C18H17Cl2N3OS. The van der Waals surface area contributed by atoms with E-state index in [9.17, 15) is 4.79 Å². The molecule has 0 saturated carbocycles. The van der Waals surface area contributed by atoms with E-state index in [0.717, 1.165) is 15.2 Å². The number of hydrogen-bond acceptors (Lipinski definition) is 4. The number of carbonyl (C=O) groups is 1. The van der Waals surface area contributed by atoms with Gasteiger partial charge < -0.3 is 5.32 Å². The topological polar surface area (TPSA) is 45.2 Å². The Bertz CT molecular complexity index is 879. The summed E-state index contributed by atoms with van der Waals surface area (Å²) in [4.78, 5) is 18.9. The second kappa shape index (κ2) is 7.70. The number of benzene rings is 2. The molecule has 1 N–H and O–H groups in total. The average Bonchev–Trinajstić information content (AvgIpc) is 3.00. The first-order valence-electron chi connectivity index (χ1n) is 7.74. The van der Waals surface area contributed by atoms with Gasteiger partial charge in [-0.1, -0.05) is 35.3 Å². The number of rotatable bonds is 5. The molecular weight excluding hydrogens is 377 g/mol. The van der Waals surface area contributed by atoms with Crippen LogP contribution in [0.2, 0.25) is 10.0 Å². The number of halogens is 2. The first kappa shape index (κ1) is 18.1. The van der Waals surface area contributed by atoms with Crippen LogP contribution >= 0.6 is 34.5 Å². The Morgan fingerprint density at radius 2 is 2.04 bits per heavy atom. The van der Waals surface area contributed by atoms with E-state index in [1.807, 2.05) is 37.1 Å². The molecule has 7 heteroatoms. The smallest absolute Gasteiger partial charge is 0.238 e. The fourth-order valence-corrected chi connectivity index (χ4v) is 3.94. The molecule has 4 nitrogen and oxygen atoms in total. The standard InChI is InChI=1S/C18H17Cl2N3OS/c1-11(18-22-15-5-3-4-6-16(15)25-18)23(2)10-17(24)21-14-8-7-12(19)9-13(14)20/h3-9,11H,10H2,1-2H3,(H,21,24)/t11-/m0/s1. The Balaban J connectivity index is 1.66. The van der Waals surface area contributed by atoms with Crippen LogP contribution in [0.5, 0.6) is 0 Å². The van der Waals surface area contributed by atoms with Gasteiger partial charge in [-0.3, -0.25) is 9.69 Å². The number of amides is 1. The summed E-state index contributed by atoms with van der Waals surface area (Å²) in [5.74, 6) is -0.139. The quantitative estimate of drug-likeness (QED) is 0.644. The maximum Gasteiger partial charge on any atom is 0.238 e. The zero-order valence-corrected chi connectivity index (χ0v) is 16.1. The van der Waals surface area contributed by atoms with Gasteiger partial charge in [0.25, 0.3) is 0 Å². The van der Waals surface area contributed by atoms with Gasteiger partial charge in [-0.05, 0) is 44.3 Å². The Morgan fingerprint density at radius 3 is 2.76 bits per heavy atom. The van der Waals surface area contributed by atoms with E-state index in [1.54, 1.807) is 29.5 Å². The molecule has 130 valence electrons. The second-order valence-electron chi connectivity index (χ2n) is 5.78. The van der Waals surface area contributed by atoms with Gasteiger partial charge in [-0.2, -0.15) is 0 Å². The number of carbonyl (C=O) groups excluding carboxylic acids is 1. The van der Waals surface area contributed by atoms with Crippen LogP contribution in [0.3, 0.4) is 0 Å². The molecule has 1 aromatic heterocycles. The molecule has 0 fully saturated rings. The van der Waals surface area contributed by atoms with Crippen molar-refractivity contribution in [1.29, 1.82) is 0 Å². The first-order valence-corrected chi connectivity index (χ1v) is 9.32. The summed E-state index contributed by atoms with van der Waals surface area (Å²) in [6, 6.07) is 13.0. The third-order valence-corrected chi connectivity index (χ3v) is 5.68. The zero-order chi connectivity index (χ0) is 18.0. The second-order valence-corrected chi connectivity index (χ2v) is 7.69. The summed E-state index contributed by atoms with van der Waals surface area (Å²) >= 11 is 13.6. The van der Waals surface area contributed by atoms with Crippen LogP contribution in [0, 0.1) is 0 Å². The highest BCUT2D eigenvalue weighted by molar-refractivity contribution is 7.18. The number of anilines is 1. The van der Waals surface area contributed by atoms with Crippen molar-refractivity contribution in [2.24, 2.45) is 0 Å². The summed E-state index contributed by atoms with van der Waals surface area (Å²) in [6.07, 6.45) is 0. The molecule has 0 aliphatic rings. The van der Waals surface area contributed by atoms with Gasteiger partial charge in [-0.15, -0.1) is 11.3 Å². The van der Waals surface area contributed by atoms with Gasteiger partial charge in [0.15, 0.2) is 0 Å². The summed E-state index contributed by atoms with van der Waals surface area (Å²) in [5.41, 5.74) is 1.54. The normalized spacial score (nSPS) is 12.5. The Kier molecular flexibility index (Phi) is 5.59. The van der Waals surface area contributed by atoms with E-state index in [2.05, 4.69) is 16.4 Å². The number of fused-ring (bicyclic) bond motifs is 1. The molecule has 0 radical (unpaired) electrons. The SMILES string of the molecule is C[C@@H](c1nc2ccccc2s1)N(C)CC(=O)Nc1ccc(Cl)cc1Cl. The number of nitrogens with zero attached hydrogens (tertiary/aromatic N) is 2. The molecule has 2 aromatic carbocycles. The molecule has 0 unspecified atom stereocenters. The zero-order valence-electron chi connectivity index (χ0n) is 13.8. The number of hydrogen-bond donors (Lipinski definition) is 1. The van der Waals surface area contributed by atoms with E-state index in [4.69, 9.17) is 23.2 Å². The van der Waals surface area contributed by atoms with Crippen LogP contribution in [0.15, 0.2) is 42.5 Å². The minimum atomic E-state index is -0.139. The summed E-state index contributed by atoms with van der Waals surface area (Å²) in [5, 5.41) is 4.75. The maximum atomic E-state index is 12.3. The lowest BCUT2D eigenvalue weighted by Crippen LogP contribution is -2.32. The molecule has 1 amide bonds. The van der Waals surface area contributed by atoms with Crippen LogP contribution in [0.25, 0.3) is 10.2 Å². The Labute approximate surface area is 160 Å². The third kappa shape index (κ3) is 4.30. The van der Waals surface area contributed by atoms with Crippen LogP contribution in [0.4, 0.5) is 5.69 Å². The van der Waals surface area contributed by atoms with Gasteiger partial charge in [0.2, 0.25) is 5.91 Å². The molecule has 0 spiro atoms. The molecule has 0 bridgehead atoms. The predicted octanol–water partition coefficient (Wildman–Crippen LogP) is 5.23. The molecule has 1 atom stereocenters.